The molecule has 1 aromatic rings. The van der Waals surface area contributed by atoms with Crippen LogP contribution in [-0.4, -0.2) is 69.9 Å². The number of rotatable bonds is 11. The molecule has 0 spiro atoms. The quantitative estimate of drug-likeness (QED) is 0.452. The number of ether oxygens (including phenoxy) is 2. The molecule has 0 radical (unpaired) electrons. The number of allylic oxidation sites excluding steroid dienone is 1. The third-order valence-electron chi connectivity index (χ3n) is 4.51. The SMILES string of the molecule is C=C(C)N(C)CC(OC)c1cccc(NSNCCN2CCOCC2)c1. The van der Waals surface area contributed by atoms with E-state index in [0.717, 1.165) is 62.9 Å². The molecule has 0 aliphatic carbocycles. The summed E-state index contributed by atoms with van der Waals surface area (Å²) in [6, 6.07) is 8.35. The summed E-state index contributed by atoms with van der Waals surface area (Å²) in [5.74, 6) is 0. The minimum atomic E-state index is 0.0118. The average molecular weight is 381 g/mol. The molecule has 7 heteroatoms. The zero-order valence-corrected chi connectivity index (χ0v) is 17.0. The van der Waals surface area contributed by atoms with Crippen molar-refractivity contribution in [1.82, 2.24) is 14.5 Å². The first-order chi connectivity index (χ1) is 12.6. The van der Waals surface area contributed by atoms with Gasteiger partial charge in [0.25, 0.3) is 0 Å². The lowest BCUT2D eigenvalue weighted by atomic mass is 10.1. The van der Waals surface area contributed by atoms with E-state index < -0.39 is 0 Å². The summed E-state index contributed by atoms with van der Waals surface area (Å²) in [5.41, 5.74) is 3.24. The molecular formula is C19H32N4O2S. The van der Waals surface area contributed by atoms with Crippen LogP contribution in [-0.2, 0) is 9.47 Å². The summed E-state index contributed by atoms with van der Waals surface area (Å²) < 4.78 is 17.8. The highest BCUT2D eigenvalue weighted by Gasteiger charge is 2.14. The first kappa shape index (κ1) is 21.1. The summed E-state index contributed by atoms with van der Waals surface area (Å²) >= 11 is 1.52. The number of methoxy groups -OCH3 is 1. The van der Waals surface area contributed by atoms with Gasteiger partial charge in [-0.1, -0.05) is 18.7 Å². The predicted octanol–water partition coefficient (Wildman–Crippen LogP) is 2.74. The van der Waals surface area contributed by atoms with Crippen molar-refractivity contribution in [3.63, 3.8) is 0 Å². The molecule has 2 N–H and O–H groups in total. The predicted molar refractivity (Wildman–Crippen MR) is 110 cm³/mol. The van der Waals surface area contributed by atoms with E-state index in [1.54, 1.807) is 7.11 Å². The summed E-state index contributed by atoms with van der Waals surface area (Å²) in [6.45, 7) is 12.5. The molecule has 0 aromatic heterocycles. The van der Waals surface area contributed by atoms with Crippen molar-refractivity contribution in [2.45, 2.75) is 13.0 Å². The van der Waals surface area contributed by atoms with Crippen LogP contribution in [0.5, 0.6) is 0 Å². The molecule has 1 aliphatic heterocycles. The van der Waals surface area contributed by atoms with Gasteiger partial charge in [-0.05, 0) is 24.6 Å². The molecule has 6 nitrogen and oxygen atoms in total. The molecule has 0 saturated carbocycles. The number of likely N-dealkylation sites (N-methyl/N-ethyl adjacent to an activating group) is 1. The van der Waals surface area contributed by atoms with Gasteiger partial charge in [-0.3, -0.25) is 4.90 Å². The number of morpholine rings is 1. The Balaban J connectivity index is 1.75. The fourth-order valence-corrected chi connectivity index (χ4v) is 3.21. The van der Waals surface area contributed by atoms with E-state index in [1.165, 1.54) is 12.1 Å². The lowest BCUT2D eigenvalue weighted by Gasteiger charge is -2.26. The van der Waals surface area contributed by atoms with Gasteiger partial charge < -0.3 is 19.1 Å². The van der Waals surface area contributed by atoms with Crippen LogP contribution in [0.15, 0.2) is 36.5 Å². The second-order valence-corrected chi connectivity index (χ2v) is 7.22. The maximum Gasteiger partial charge on any atom is 0.0996 e. The monoisotopic (exact) mass is 380 g/mol. The van der Waals surface area contributed by atoms with E-state index in [1.807, 2.05) is 14.0 Å². The van der Waals surface area contributed by atoms with Crippen molar-refractivity contribution in [1.29, 1.82) is 0 Å². The molecule has 1 aromatic carbocycles. The highest BCUT2D eigenvalue weighted by molar-refractivity contribution is 7.98. The summed E-state index contributed by atoms with van der Waals surface area (Å²) in [4.78, 5) is 4.52. The average Bonchev–Trinajstić information content (AvgIpc) is 2.66. The lowest BCUT2D eigenvalue weighted by molar-refractivity contribution is 0.0391. The highest BCUT2D eigenvalue weighted by atomic mass is 32.2. The van der Waals surface area contributed by atoms with Gasteiger partial charge in [-0.25, -0.2) is 4.72 Å². The standard InChI is InChI=1S/C19H32N4O2S/c1-16(2)22(3)15-19(24-4)17-6-5-7-18(14-17)21-26-20-8-9-23-10-12-25-13-11-23/h5-7,14,19-21H,1,8-13,15H2,2-4H3. The summed E-state index contributed by atoms with van der Waals surface area (Å²) in [5, 5.41) is 0. The Morgan fingerprint density at radius 3 is 2.88 bits per heavy atom. The van der Waals surface area contributed by atoms with Crippen LogP contribution in [0.4, 0.5) is 5.69 Å². The van der Waals surface area contributed by atoms with Crippen molar-refractivity contribution in [2.24, 2.45) is 0 Å². The minimum absolute atomic E-state index is 0.0118. The van der Waals surface area contributed by atoms with Gasteiger partial charge in [-0.2, -0.15) is 0 Å². The highest BCUT2D eigenvalue weighted by Crippen LogP contribution is 2.23. The second-order valence-electron chi connectivity index (χ2n) is 6.52. The summed E-state index contributed by atoms with van der Waals surface area (Å²) in [7, 11) is 3.78. The van der Waals surface area contributed by atoms with Crippen molar-refractivity contribution < 1.29 is 9.47 Å². The van der Waals surface area contributed by atoms with E-state index in [9.17, 15) is 0 Å². The Kier molecular flexibility index (Phi) is 9.28. The lowest BCUT2D eigenvalue weighted by Crippen LogP contribution is -2.39. The van der Waals surface area contributed by atoms with Gasteiger partial charge in [0.2, 0.25) is 0 Å². The van der Waals surface area contributed by atoms with Gasteiger partial charge in [0.05, 0.1) is 19.3 Å². The van der Waals surface area contributed by atoms with E-state index in [2.05, 4.69) is 50.1 Å². The molecule has 2 rings (SSSR count). The first-order valence-corrected chi connectivity index (χ1v) is 9.86. The van der Waals surface area contributed by atoms with Crippen LogP contribution in [0.2, 0.25) is 0 Å². The fraction of sp³-hybridized carbons (Fsp3) is 0.579. The van der Waals surface area contributed by atoms with Crippen LogP contribution in [0.1, 0.15) is 18.6 Å². The van der Waals surface area contributed by atoms with Crippen molar-refractivity contribution >= 4 is 17.8 Å². The number of hydrogen-bond donors (Lipinski definition) is 2. The van der Waals surface area contributed by atoms with Gasteiger partial charge in [0, 0.05) is 70.4 Å². The number of nitrogens with zero attached hydrogens (tertiary/aromatic N) is 2. The zero-order chi connectivity index (χ0) is 18.8. The molecule has 1 aliphatic rings. The van der Waals surface area contributed by atoms with Gasteiger partial charge >= 0.3 is 0 Å². The van der Waals surface area contributed by atoms with Crippen molar-refractivity contribution in [3.05, 3.63) is 42.1 Å². The molecule has 1 saturated heterocycles. The molecular weight excluding hydrogens is 348 g/mol. The van der Waals surface area contributed by atoms with Crippen LogP contribution in [0, 0.1) is 0 Å². The second kappa shape index (κ2) is 11.5. The molecule has 1 atom stereocenters. The van der Waals surface area contributed by atoms with Gasteiger partial charge in [-0.15, -0.1) is 0 Å². The third-order valence-corrected chi connectivity index (χ3v) is 5.20. The van der Waals surface area contributed by atoms with Crippen LogP contribution in [0.3, 0.4) is 0 Å². The van der Waals surface area contributed by atoms with E-state index >= 15 is 0 Å². The Morgan fingerprint density at radius 1 is 1.42 bits per heavy atom. The van der Waals surface area contributed by atoms with E-state index in [0.29, 0.717) is 0 Å². The maximum absolute atomic E-state index is 5.67. The van der Waals surface area contributed by atoms with Crippen LogP contribution < -0.4 is 9.44 Å². The molecule has 26 heavy (non-hydrogen) atoms. The Hall–Kier alpha value is -1.25. The van der Waals surface area contributed by atoms with Crippen LogP contribution in [0.25, 0.3) is 0 Å². The first-order valence-electron chi connectivity index (χ1n) is 9.04. The number of benzene rings is 1. The number of anilines is 1. The smallest absolute Gasteiger partial charge is 0.0996 e. The van der Waals surface area contributed by atoms with E-state index in [-0.39, 0.29) is 6.10 Å². The normalized spacial score (nSPS) is 16.3. The van der Waals surface area contributed by atoms with Crippen LogP contribution >= 0.6 is 12.1 Å². The fourth-order valence-electron chi connectivity index (χ4n) is 2.70. The van der Waals surface area contributed by atoms with E-state index in [4.69, 9.17) is 9.47 Å². The Bertz CT molecular complexity index is 552. The minimum Gasteiger partial charge on any atom is -0.379 e. The number of hydrogen-bond acceptors (Lipinski definition) is 7. The summed E-state index contributed by atoms with van der Waals surface area (Å²) in [6.07, 6.45) is 0.0118. The topological polar surface area (TPSA) is 49.0 Å². The van der Waals surface area contributed by atoms with Crippen molar-refractivity contribution in [2.75, 3.05) is 64.8 Å². The van der Waals surface area contributed by atoms with Gasteiger partial charge in [0.15, 0.2) is 0 Å². The molecule has 1 fully saturated rings. The third kappa shape index (κ3) is 7.17. The molecule has 0 amide bonds. The van der Waals surface area contributed by atoms with Gasteiger partial charge in [0.1, 0.15) is 0 Å². The molecule has 146 valence electrons. The molecule has 0 bridgehead atoms. The Morgan fingerprint density at radius 2 is 2.19 bits per heavy atom. The Labute approximate surface area is 162 Å². The molecule has 1 unspecified atom stereocenters. The maximum atomic E-state index is 5.67. The number of nitrogens with one attached hydrogen (secondary N) is 2. The largest absolute Gasteiger partial charge is 0.379 e. The molecule has 1 heterocycles. The zero-order valence-electron chi connectivity index (χ0n) is 16.2. The van der Waals surface area contributed by atoms with Crippen molar-refractivity contribution in [3.8, 4) is 0 Å².